The molecular weight excluding hydrogens is 356 g/mol. The summed E-state index contributed by atoms with van der Waals surface area (Å²) in [7, 11) is -2.28. The molecule has 0 bridgehead atoms. The number of hydrogen-bond donors (Lipinski definition) is 2. The number of esters is 1. The Morgan fingerprint density at radius 3 is 2.19 bits per heavy atom. The molecule has 2 N–H and O–H groups in total. The first kappa shape index (κ1) is 19.6. The van der Waals surface area contributed by atoms with Crippen LogP contribution >= 0.6 is 0 Å². The van der Waals surface area contributed by atoms with Gasteiger partial charge in [0.2, 0.25) is 10.0 Å². The smallest absolute Gasteiger partial charge is 0.338 e. The predicted molar refractivity (Wildman–Crippen MR) is 97.3 cm³/mol. The number of amides is 1. The summed E-state index contributed by atoms with van der Waals surface area (Å²) in [6.45, 7) is 1.73. The van der Waals surface area contributed by atoms with Crippen LogP contribution in [0.5, 0.6) is 0 Å². The van der Waals surface area contributed by atoms with Gasteiger partial charge in [-0.05, 0) is 49.9 Å². The normalized spacial score (nSPS) is 12.2. The monoisotopic (exact) mass is 376 g/mol. The van der Waals surface area contributed by atoms with Crippen LogP contribution in [0.25, 0.3) is 0 Å². The molecule has 0 radical (unpaired) electrons. The van der Waals surface area contributed by atoms with E-state index in [2.05, 4.69) is 10.0 Å². The van der Waals surface area contributed by atoms with E-state index in [-0.39, 0.29) is 10.5 Å². The Morgan fingerprint density at radius 2 is 1.65 bits per heavy atom. The molecule has 2 aromatic rings. The fourth-order valence-corrected chi connectivity index (χ4v) is 2.88. The Labute approximate surface area is 152 Å². The molecule has 2 aromatic carbocycles. The van der Waals surface area contributed by atoms with Gasteiger partial charge in [-0.1, -0.05) is 25.1 Å². The van der Waals surface area contributed by atoms with Crippen molar-refractivity contribution < 1.29 is 22.7 Å². The molecular formula is C18H20N2O5S. The van der Waals surface area contributed by atoms with Gasteiger partial charge in [0, 0.05) is 5.69 Å². The first-order valence-electron chi connectivity index (χ1n) is 7.98. The molecule has 1 amide bonds. The van der Waals surface area contributed by atoms with E-state index in [1.165, 1.54) is 31.3 Å². The standard InChI is InChI=1S/C18H20N2O5S/c1-3-16(17(21)20-14-7-5-4-6-8-14)25-18(22)13-9-11-15(12-10-13)26(23,24)19-2/h4-12,16,19H,3H2,1-2H3,(H,20,21). The van der Waals surface area contributed by atoms with E-state index in [0.717, 1.165) is 0 Å². The molecule has 7 nitrogen and oxygen atoms in total. The summed E-state index contributed by atoms with van der Waals surface area (Å²) in [6.07, 6.45) is -0.653. The second-order valence-corrected chi connectivity index (χ2v) is 7.28. The lowest BCUT2D eigenvalue weighted by molar-refractivity contribution is -0.124. The Bertz CT molecular complexity index is 864. The third-order valence-corrected chi connectivity index (χ3v) is 5.05. The lowest BCUT2D eigenvalue weighted by Gasteiger charge is -2.16. The number of sulfonamides is 1. The highest BCUT2D eigenvalue weighted by Crippen LogP contribution is 2.14. The Hall–Kier alpha value is -2.71. The van der Waals surface area contributed by atoms with Crippen LogP contribution in [0.15, 0.2) is 59.5 Å². The molecule has 26 heavy (non-hydrogen) atoms. The van der Waals surface area contributed by atoms with E-state index in [0.29, 0.717) is 12.1 Å². The second-order valence-electron chi connectivity index (χ2n) is 5.39. The molecule has 1 atom stereocenters. The van der Waals surface area contributed by atoms with Crippen molar-refractivity contribution in [3.8, 4) is 0 Å². The SMILES string of the molecule is CCC(OC(=O)c1ccc(S(=O)(=O)NC)cc1)C(=O)Nc1ccccc1. The first-order valence-corrected chi connectivity index (χ1v) is 9.46. The molecule has 1 unspecified atom stereocenters. The molecule has 0 aliphatic rings. The molecule has 0 fully saturated rings. The van der Waals surface area contributed by atoms with Gasteiger partial charge in [-0.25, -0.2) is 17.9 Å². The third kappa shape index (κ3) is 4.90. The van der Waals surface area contributed by atoms with Crippen molar-refractivity contribution in [2.45, 2.75) is 24.3 Å². The molecule has 0 aliphatic heterocycles. The minimum absolute atomic E-state index is 0.0328. The van der Waals surface area contributed by atoms with Gasteiger partial charge >= 0.3 is 5.97 Å². The van der Waals surface area contributed by atoms with Gasteiger partial charge in [0.25, 0.3) is 5.91 Å². The van der Waals surface area contributed by atoms with Gasteiger partial charge in [0.1, 0.15) is 0 Å². The molecule has 138 valence electrons. The largest absolute Gasteiger partial charge is 0.449 e. The highest BCUT2D eigenvalue weighted by Gasteiger charge is 2.22. The molecule has 8 heteroatoms. The van der Waals surface area contributed by atoms with Crippen molar-refractivity contribution in [3.63, 3.8) is 0 Å². The van der Waals surface area contributed by atoms with E-state index in [9.17, 15) is 18.0 Å². The van der Waals surface area contributed by atoms with E-state index in [4.69, 9.17) is 4.74 Å². The van der Waals surface area contributed by atoms with Crippen LogP contribution in [-0.2, 0) is 19.6 Å². The average molecular weight is 376 g/mol. The Balaban J connectivity index is 2.05. The van der Waals surface area contributed by atoms with Crippen molar-refractivity contribution in [2.75, 3.05) is 12.4 Å². The molecule has 0 aliphatic carbocycles. The maximum absolute atomic E-state index is 12.3. The molecule has 0 saturated heterocycles. The quantitative estimate of drug-likeness (QED) is 0.721. The number of benzene rings is 2. The Morgan fingerprint density at radius 1 is 1.04 bits per heavy atom. The van der Waals surface area contributed by atoms with Crippen LogP contribution in [-0.4, -0.2) is 33.4 Å². The van der Waals surface area contributed by atoms with Crippen molar-refractivity contribution in [3.05, 3.63) is 60.2 Å². The van der Waals surface area contributed by atoms with Crippen LogP contribution < -0.4 is 10.0 Å². The molecule has 0 heterocycles. The molecule has 2 rings (SSSR count). The fraction of sp³-hybridized carbons (Fsp3) is 0.222. The van der Waals surface area contributed by atoms with Crippen molar-refractivity contribution in [2.24, 2.45) is 0 Å². The van der Waals surface area contributed by atoms with E-state index < -0.39 is 28.0 Å². The van der Waals surface area contributed by atoms with Crippen molar-refractivity contribution >= 4 is 27.6 Å². The first-order chi connectivity index (χ1) is 12.4. The number of para-hydroxylation sites is 1. The van der Waals surface area contributed by atoms with Crippen LogP contribution in [0.2, 0.25) is 0 Å². The van der Waals surface area contributed by atoms with E-state index in [1.54, 1.807) is 31.2 Å². The zero-order chi connectivity index (χ0) is 19.2. The van der Waals surface area contributed by atoms with Gasteiger partial charge in [0.15, 0.2) is 6.10 Å². The topological polar surface area (TPSA) is 102 Å². The summed E-state index contributed by atoms with van der Waals surface area (Å²) >= 11 is 0. The highest BCUT2D eigenvalue weighted by atomic mass is 32.2. The second kappa shape index (κ2) is 8.59. The summed E-state index contributed by atoms with van der Waals surface area (Å²) in [5, 5.41) is 2.68. The number of hydrogen-bond acceptors (Lipinski definition) is 5. The van der Waals surface area contributed by atoms with Crippen molar-refractivity contribution in [1.82, 2.24) is 4.72 Å². The lowest BCUT2D eigenvalue weighted by atomic mass is 10.2. The van der Waals surface area contributed by atoms with E-state index >= 15 is 0 Å². The number of anilines is 1. The van der Waals surface area contributed by atoms with Gasteiger partial charge in [0.05, 0.1) is 10.5 Å². The van der Waals surface area contributed by atoms with E-state index in [1.807, 2.05) is 6.07 Å². The number of nitrogens with one attached hydrogen (secondary N) is 2. The van der Waals surface area contributed by atoms with Gasteiger partial charge in [-0.3, -0.25) is 4.79 Å². The summed E-state index contributed by atoms with van der Waals surface area (Å²) in [5.74, 6) is -1.13. The summed E-state index contributed by atoms with van der Waals surface area (Å²) in [4.78, 5) is 24.5. The molecule has 0 aromatic heterocycles. The number of rotatable bonds is 7. The average Bonchev–Trinajstić information content (AvgIpc) is 2.66. The maximum Gasteiger partial charge on any atom is 0.338 e. The zero-order valence-corrected chi connectivity index (χ0v) is 15.2. The number of carbonyl (C=O) groups excluding carboxylic acids is 2. The van der Waals surface area contributed by atoms with Gasteiger partial charge in [-0.2, -0.15) is 0 Å². The van der Waals surface area contributed by atoms with Crippen LogP contribution in [0.4, 0.5) is 5.69 Å². The van der Waals surface area contributed by atoms with Crippen LogP contribution in [0.3, 0.4) is 0 Å². The molecule has 0 saturated carbocycles. The minimum Gasteiger partial charge on any atom is -0.449 e. The summed E-state index contributed by atoms with van der Waals surface area (Å²) in [6, 6.07) is 14.1. The number of carbonyl (C=O) groups is 2. The number of ether oxygens (including phenoxy) is 1. The summed E-state index contributed by atoms with van der Waals surface area (Å²) < 4.78 is 30.8. The highest BCUT2D eigenvalue weighted by molar-refractivity contribution is 7.89. The lowest BCUT2D eigenvalue weighted by Crippen LogP contribution is -2.32. The van der Waals surface area contributed by atoms with Gasteiger partial charge in [-0.15, -0.1) is 0 Å². The Kier molecular flexibility index (Phi) is 6.48. The fourth-order valence-electron chi connectivity index (χ4n) is 2.15. The maximum atomic E-state index is 12.3. The van der Waals surface area contributed by atoms with Crippen molar-refractivity contribution in [1.29, 1.82) is 0 Å². The van der Waals surface area contributed by atoms with Gasteiger partial charge < -0.3 is 10.1 Å². The summed E-state index contributed by atoms with van der Waals surface area (Å²) in [5.41, 5.74) is 0.764. The minimum atomic E-state index is -3.58. The van der Waals surface area contributed by atoms with Crippen LogP contribution in [0.1, 0.15) is 23.7 Å². The zero-order valence-electron chi connectivity index (χ0n) is 14.4. The van der Waals surface area contributed by atoms with Crippen LogP contribution in [0, 0.1) is 0 Å². The molecule has 0 spiro atoms. The predicted octanol–water partition coefficient (Wildman–Crippen LogP) is 2.17. The third-order valence-electron chi connectivity index (χ3n) is 3.62.